The number of carbonyl (C=O) groups is 2. The molecule has 0 saturated carbocycles. The van der Waals surface area contributed by atoms with E-state index in [4.69, 9.17) is 9.47 Å². The first-order valence-corrected chi connectivity index (χ1v) is 10.7. The summed E-state index contributed by atoms with van der Waals surface area (Å²) >= 11 is 1.36. The molecule has 1 aliphatic heterocycles. The van der Waals surface area contributed by atoms with Crippen LogP contribution in [-0.4, -0.2) is 30.0 Å². The molecule has 1 atom stereocenters. The number of rotatable bonds is 4. The lowest BCUT2D eigenvalue weighted by molar-refractivity contribution is -0.117. The van der Waals surface area contributed by atoms with E-state index in [9.17, 15) is 14.0 Å². The summed E-state index contributed by atoms with van der Waals surface area (Å²) in [5, 5.41) is 6.08. The number of nitrogens with zero attached hydrogens (tertiary/aromatic N) is 1. The number of thiazole rings is 1. The predicted molar refractivity (Wildman–Crippen MR) is 114 cm³/mol. The summed E-state index contributed by atoms with van der Waals surface area (Å²) in [6, 6.07) is 10.6. The number of fused-ring (bicyclic) bond motifs is 2. The molecule has 1 aliphatic carbocycles. The fraction of sp³-hybridized carbons (Fsp3) is 0.227. The Morgan fingerprint density at radius 3 is 2.61 bits per heavy atom. The highest BCUT2D eigenvalue weighted by molar-refractivity contribution is 7.16. The van der Waals surface area contributed by atoms with Crippen LogP contribution in [0.1, 0.15) is 33.3 Å². The van der Waals surface area contributed by atoms with Crippen LogP contribution in [0.5, 0.6) is 11.5 Å². The Hall–Kier alpha value is -3.46. The van der Waals surface area contributed by atoms with Crippen LogP contribution < -0.4 is 20.1 Å². The third-order valence-corrected chi connectivity index (χ3v) is 6.22. The number of hydrogen-bond donors (Lipinski definition) is 2. The van der Waals surface area contributed by atoms with Gasteiger partial charge in [-0.1, -0.05) is 0 Å². The van der Waals surface area contributed by atoms with Gasteiger partial charge in [0.2, 0.25) is 5.91 Å². The number of amides is 2. The molecule has 0 fully saturated rings. The number of benzene rings is 2. The molecule has 7 nitrogen and oxygen atoms in total. The summed E-state index contributed by atoms with van der Waals surface area (Å²) < 4.78 is 24.1. The lowest BCUT2D eigenvalue weighted by Gasteiger charge is -2.19. The fourth-order valence-electron chi connectivity index (χ4n) is 3.66. The van der Waals surface area contributed by atoms with Crippen LogP contribution in [0.2, 0.25) is 0 Å². The Labute approximate surface area is 181 Å². The Morgan fingerprint density at radius 2 is 1.81 bits per heavy atom. The zero-order valence-corrected chi connectivity index (χ0v) is 17.1. The Morgan fingerprint density at radius 1 is 1.03 bits per heavy atom. The average Bonchev–Trinajstić information content (AvgIpc) is 3.34. The monoisotopic (exact) mass is 439 g/mol. The quantitative estimate of drug-likeness (QED) is 0.642. The van der Waals surface area contributed by atoms with Crippen molar-refractivity contribution in [1.29, 1.82) is 0 Å². The van der Waals surface area contributed by atoms with Gasteiger partial charge in [-0.05, 0) is 49.2 Å². The lowest BCUT2D eigenvalue weighted by atomic mass is 10.1. The number of hydrogen-bond acceptors (Lipinski definition) is 6. The molecule has 5 rings (SSSR count). The summed E-state index contributed by atoms with van der Waals surface area (Å²) in [7, 11) is 0. The molecule has 2 heterocycles. The van der Waals surface area contributed by atoms with E-state index in [-0.39, 0.29) is 11.8 Å². The molecule has 9 heteroatoms. The van der Waals surface area contributed by atoms with E-state index in [2.05, 4.69) is 15.6 Å². The second-order valence-electron chi connectivity index (χ2n) is 7.23. The zero-order valence-electron chi connectivity index (χ0n) is 16.3. The molecule has 158 valence electrons. The van der Waals surface area contributed by atoms with Gasteiger partial charge in [-0.2, -0.15) is 0 Å². The largest absolute Gasteiger partial charge is 0.486 e. The van der Waals surface area contributed by atoms with Crippen molar-refractivity contribution in [3.05, 3.63) is 64.4 Å². The first-order chi connectivity index (χ1) is 15.1. The van der Waals surface area contributed by atoms with E-state index in [0.717, 1.165) is 11.3 Å². The van der Waals surface area contributed by atoms with Crippen LogP contribution in [-0.2, 0) is 11.2 Å². The fourth-order valence-corrected chi connectivity index (χ4v) is 4.69. The van der Waals surface area contributed by atoms with Crippen molar-refractivity contribution in [3.63, 3.8) is 0 Å². The Balaban J connectivity index is 1.28. The van der Waals surface area contributed by atoms with Crippen LogP contribution >= 0.6 is 11.3 Å². The third-order valence-electron chi connectivity index (χ3n) is 5.17. The van der Waals surface area contributed by atoms with Gasteiger partial charge in [-0.25, -0.2) is 9.37 Å². The van der Waals surface area contributed by atoms with E-state index in [0.29, 0.717) is 53.2 Å². The number of carbonyl (C=O) groups excluding carboxylic acids is 2. The molecule has 2 N–H and O–H groups in total. The molecular formula is C22H18FN3O4S. The molecule has 0 radical (unpaired) electrons. The highest BCUT2D eigenvalue weighted by Crippen LogP contribution is 2.39. The van der Waals surface area contributed by atoms with Gasteiger partial charge in [0, 0.05) is 22.2 Å². The molecule has 0 saturated heterocycles. The molecule has 0 unspecified atom stereocenters. The minimum atomic E-state index is -0.406. The van der Waals surface area contributed by atoms with Crippen LogP contribution in [0.3, 0.4) is 0 Å². The summed E-state index contributed by atoms with van der Waals surface area (Å²) in [6.07, 6.45) is 1.38. The van der Waals surface area contributed by atoms with Crippen LogP contribution in [0.4, 0.5) is 15.2 Å². The van der Waals surface area contributed by atoms with Crippen molar-refractivity contribution in [3.8, 4) is 11.5 Å². The second kappa shape index (κ2) is 7.99. The molecule has 2 amide bonds. The maximum absolute atomic E-state index is 13.1. The first-order valence-electron chi connectivity index (χ1n) is 9.84. The normalized spacial score (nSPS) is 16.5. The minimum absolute atomic E-state index is 0.155. The second-order valence-corrected chi connectivity index (χ2v) is 8.31. The summed E-state index contributed by atoms with van der Waals surface area (Å²) in [4.78, 5) is 30.7. The van der Waals surface area contributed by atoms with Gasteiger partial charge in [0.1, 0.15) is 19.0 Å². The summed E-state index contributed by atoms with van der Waals surface area (Å²) in [5.41, 5.74) is 1.65. The van der Waals surface area contributed by atoms with Crippen molar-refractivity contribution in [2.45, 2.75) is 18.8 Å². The minimum Gasteiger partial charge on any atom is -0.486 e. The van der Waals surface area contributed by atoms with Gasteiger partial charge in [0.15, 0.2) is 16.6 Å². The highest BCUT2D eigenvalue weighted by atomic mass is 32.1. The van der Waals surface area contributed by atoms with Crippen molar-refractivity contribution in [2.24, 2.45) is 0 Å². The SMILES string of the molecule is O=C(Nc1nc2c(s1)CC[C@H]2C(=O)Nc1ccc2c(c1)OCCO2)c1ccc(F)cc1. The van der Waals surface area contributed by atoms with E-state index >= 15 is 0 Å². The molecule has 2 aliphatic rings. The maximum Gasteiger partial charge on any atom is 0.257 e. The van der Waals surface area contributed by atoms with Crippen LogP contribution in [0.15, 0.2) is 42.5 Å². The molecule has 31 heavy (non-hydrogen) atoms. The van der Waals surface area contributed by atoms with Gasteiger partial charge >= 0.3 is 0 Å². The van der Waals surface area contributed by atoms with Gasteiger partial charge in [0.05, 0.1) is 11.6 Å². The average molecular weight is 439 g/mol. The number of anilines is 2. The lowest BCUT2D eigenvalue weighted by Crippen LogP contribution is -2.20. The maximum atomic E-state index is 13.1. The molecule has 2 aromatic carbocycles. The topological polar surface area (TPSA) is 89.6 Å². The molecule has 1 aromatic heterocycles. The molecule has 3 aromatic rings. The van der Waals surface area contributed by atoms with Crippen molar-refractivity contribution < 1.29 is 23.5 Å². The number of aryl methyl sites for hydroxylation is 1. The third kappa shape index (κ3) is 3.96. The Kier molecular flexibility index (Phi) is 5.03. The number of halogens is 1. The van der Waals surface area contributed by atoms with Crippen LogP contribution in [0, 0.1) is 5.82 Å². The standard InChI is InChI=1S/C22H18FN3O4S/c23-13-3-1-12(2-4-13)20(27)26-22-25-19-15(6-8-18(19)31-22)21(28)24-14-5-7-16-17(11-14)30-10-9-29-16/h1-5,7,11,15H,6,8-10H2,(H,24,28)(H,25,26,27)/t15-/m1/s1. The van der Waals surface area contributed by atoms with E-state index < -0.39 is 11.7 Å². The van der Waals surface area contributed by atoms with E-state index in [1.807, 2.05) is 0 Å². The van der Waals surface area contributed by atoms with Gasteiger partial charge in [-0.3, -0.25) is 14.9 Å². The number of ether oxygens (including phenoxy) is 2. The van der Waals surface area contributed by atoms with E-state index in [1.165, 1.54) is 35.6 Å². The first kappa shape index (κ1) is 19.5. The molecule has 0 bridgehead atoms. The van der Waals surface area contributed by atoms with Crippen molar-refractivity contribution in [2.75, 3.05) is 23.8 Å². The zero-order chi connectivity index (χ0) is 21.4. The summed E-state index contributed by atoms with van der Waals surface area (Å²) in [6.45, 7) is 0.981. The number of aromatic nitrogens is 1. The highest BCUT2D eigenvalue weighted by Gasteiger charge is 2.33. The summed E-state index contributed by atoms with van der Waals surface area (Å²) in [5.74, 6) is -0.0570. The van der Waals surface area contributed by atoms with Gasteiger partial charge in [-0.15, -0.1) is 11.3 Å². The van der Waals surface area contributed by atoms with Crippen LogP contribution in [0.25, 0.3) is 0 Å². The number of nitrogens with one attached hydrogen (secondary N) is 2. The molecule has 0 spiro atoms. The molecular weight excluding hydrogens is 421 g/mol. The van der Waals surface area contributed by atoms with Crippen molar-refractivity contribution in [1.82, 2.24) is 4.98 Å². The smallest absolute Gasteiger partial charge is 0.257 e. The van der Waals surface area contributed by atoms with Gasteiger partial charge < -0.3 is 14.8 Å². The Bertz CT molecular complexity index is 1160. The van der Waals surface area contributed by atoms with Gasteiger partial charge in [0.25, 0.3) is 5.91 Å². The predicted octanol–water partition coefficient (Wildman–Crippen LogP) is 3.97. The van der Waals surface area contributed by atoms with E-state index in [1.54, 1.807) is 18.2 Å². The van der Waals surface area contributed by atoms with Crippen molar-refractivity contribution >= 4 is 34.0 Å².